The van der Waals surface area contributed by atoms with E-state index in [0.717, 1.165) is 6.61 Å². The Balaban J connectivity index is 3.31. The molecule has 0 aliphatic rings. The van der Waals surface area contributed by atoms with E-state index in [0.29, 0.717) is 19.1 Å². The molecule has 0 aromatic rings. The Labute approximate surface area is 85.5 Å². The Morgan fingerprint density at radius 3 is 2.36 bits per heavy atom. The van der Waals surface area contributed by atoms with Gasteiger partial charge in [-0.15, -0.1) is 0 Å². The van der Waals surface area contributed by atoms with E-state index in [1.807, 2.05) is 0 Å². The van der Waals surface area contributed by atoms with E-state index in [1.54, 1.807) is 6.92 Å². The Kier molecular flexibility index (Phi) is 7.42. The lowest BCUT2D eigenvalue weighted by Crippen LogP contribution is -2.24. The number of methoxy groups -OCH3 is 1. The average Bonchev–Trinajstić information content (AvgIpc) is 2.15. The van der Waals surface area contributed by atoms with Gasteiger partial charge in [-0.25, -0.2) is 4.79 Å². The number of carbonyl (C=O) groups excluding carboxylic acids is 1. The van der Waals surface area contributed by atoms with Crippen molar-refractivity contribution in [1.29, 1.82) is 0 Å². The Morgan fingerprint density at radius 2 is 1.86 bits per heavy atom. The van der Waals surface area contributed by atoms with Gasteiger partial charge in [0.2, 0.25) is 0 Å². The summed E-state index contributed by atoms with van der Waals surface area (Å²) in [5.74, 6) is 0.168. The molecule has 0 aliphatic carbocycles. The van der Waals surface area contributed by atoms with Gasteiger partial charge >= 0.3 is 5.97 Å². The minimum Gasteiger partial charge on any atom is -0.467 e. The summed E-state index contributed by atoms with van der Waals surface area (Å²) in [6.07, 6.45) is -0.511. The average molecular weight is 204 g/mol. The summed E-state index contributed by atoms with van der Waals surface area (Å²) >= 11 is 0. The number of hydrogen-bond donors (Lipinski definition) is 0. The highest BCUT2D eigenvalue weighted by Gasteiger charge is 2.12. The van der Waals surface area contributed by atoms with Gasteiger partial charge in [0.1, 0.15) is 0 Å². The van der Waals surface area contributed by atoms with Crippen molar-refractivity contribution in [3.8, 4) is 0 Å². The van der Waals surface area contributed by atoms with Gasteiger partial charge in [-0.1, -0.05) is 13.8 Å². The van der Waals surface area contributed by atoms with Crippen molar-refractivity contribution in [2.75, 3.05) is 26.9 Å². The molecule has 0 N–H and O–H groups in total. The molecule has 0 saturated heterocycles. The van der Waals surface area contributed by atoms with E-state index >= 15 is 0 Å². The standard InChI is InChI=1S/C10H20O4/c1-8(2)7-13-5-6-14-9(3)10(11)12-4/h8-9H,5-7H2,1-4H3/t9-/m0/s1. The van der Waals surface area contributed by atoms with Gasteiger partial charge in [0.15, 0.2) is 6.10 Å². The molecule has 1 atom stereocenters. The van der Waals surface area contributed by atoms with E-state index in [1.165, 1.54) is 7.11 Å². The first-order valence-corrected chi connectivity index (χ1v) is 4.85. The molecular weight excluding hydrogens is 184 g/mol. The second-order valence-electron chi connectivity index (χ2n) is 3.50. The van der Waals surface area contributed by atoms with Gasteiger partial charge in [-0.3, -0.25) is 0 Å². The topological polar surface area (TPSA) is 44.8 Å². The SMILES string of the molecule is COC(=O)[C@H](C)OCCOCC(C)C. The summed E-state index contributed by atoms with van der Waals surface area (Å²) in [7, 11) is 1.34. The Hall–Kier alpha value is -0.610. The normalized spacial score (nSPS) is 12.9. The van der Waals surface area contributed by atoms with Crippen molar-refractivity contribution in [3.63, 3.8) is 0 Å². The zero-order valence-electron chi connectivity index (χ0n) is 9.41. The van der Waals surface area contributed by atoms with Crippen LogP contribution in [0.5, 0.6) is 0 Å². The van der Waals surface area contributed by atoms with Crippen LogP contribution in [0.3, 0.4) is 0 Å². The minimum atomic E-state index is -0.511. The van der Waals surface area contributed by atoms with E-state index in [2.05, 4.69) is 18.6 Å². The van der Waals surface area contributed by atoms with Gasteiger partial charge < -0.3 is 14.2 Å². The summed E-state index contributed by atoms with van der Waals surface area (Å²) in [6.45, 7) is 7.47. The molecule has 0 spiro atoms. The third kappa shape index (κ3) is 6.86. The molecule has 0 aliphatic heterocycles. The molecule has 4 nitrogen and oxygen atoms in total. The van der Waals surface area contributed by atoms with E-state index < -0.39 is 6.10 Å². The third-order valence-corrected chi connectivity index (χ3v) is 1.58. The lowest BCUT2D eigenvalue weighted by Gasteiger charge is -2.11. The summed E-state index contributed by atoms with van der Waals surface area (Å²) < 4.78 is 15.0. The number of esters is 1. The molecule has 84 valence electrons. The molecule has 0 radical (unpaired) electrons. The molecule has 4 heteroatoms. The predicted molar refractivity (Wildman–Crippen MR) is 53.1 cm³/mol. The smallest absolute Gasteiger partial charge is 0.334 e. The molecule has 0 heterocycles. The molecule has 0 amide bonds. The fraction of sp³-hybridized carbons (Fsp3) is 0.900. The molecule has 0 aromatic carbocycles. The molecule has 0 bridgehead atoms. The van der Waals surface area contributed by atoms with Gasteiger partial charge in [0.05, 0.1) is 20.3 Å². The van der Waals surface area contributed by atoms with Crippen LogP contribution in [-0.2, 0) is 19.0 Å². The zero-order chi connectivity index (χ0) is 11.0. The third-order valence-electron chi connectivity index (χ3n) is 1.58. The second kappa shape index (κ2) is 7.76. The van der Waals surface area contributed by atoms with Crippen molar-refractivity contribution >= 4 is 5.97 Å². The molecule has 0 aromatic heterocycles. The van der Waals surface area contributed by atoms with Crippen LogP contribution in [0.1, 0.15) is 20.8 Å². The van der Waals surface area contributed by atoms with Gasteiger partial charge in [0.25, 0.3) is 0 Å². The monoisotopic (exact) mass is 204 g/mol. The van der Waals surface area contributed by atoms with Crippen LogP contribution in [0.15, 0.2) is 0 Å². The van der Waals surface area contributed by atoms with Crippen LogP contribution in [0, 0.1) is 5.92 Å². The highest BCUT2D eigenvalue weighted by Crippen LogP contribution is 1.95. The van der Waals surface area contributed by atoms with Gasteiger partial charge in [-0.2, -0.15) is 0 Å². The molecule has 0 fully saturated rings. The second-order valence-corrected chi connectivity index (χ2v) is 3.50. The largest absolute Gasteiger partial charge is 0.467 e. The van der Waals surface area contributed by atoms with E-state index in [9.17, 15) is 4.79 Å². The fourth-order valence-corrected chi connectivity index (χ4v) is 0.837. The van der Waals surface area contributed by atoms with Crippen molar-refractivity contribution in [2.24, 2.45) is 5.92 Å². The highest BCUT2D eigenvalue weighted by molar-refractivity contribution is 5.73. The Bertz CT molecular complexity index is 156. The quantitative estimate of drug-likeness (QED) is 0.462. The van der Waals surface area contributed by atoms with Gasteiger partial charge in [0, 0.05) is 6.61 Å². The summed E-state index contributed by atoms with van der Waals surface area (Å²) in [5, 5.41) is 0. The highest BCUT2D eigenvalue weighted by atomic mass is 16.6. The van der Waals surface area contributed by atoms with Crippen LogP contribution < -0.4 is 0 Å². The van der Waals surface area contributed by atoms with Crippen molar-refractivity contribution in [1.82, 2.24) is 0 Å². The van der Waals surface area contributed by atoms with E-state index in [-0.39, 0.29) is 5.97 Å². The zero-order valence-corrected chi connectivity index (χ0v) is 9.41. The Morgan fingerprint density at radius 1 is 1.21 bits per heavy atom. The molecule has 14 heavy (non-hydrogen) atoms. The first-order valence-electron chi connectivity index (χ1n) is 4.85. The van der Waals surface area contributed by atoms with Crippen LogP contribution >= 0.6 is 0 Å². The van der Waals surface area contributed by atoms with Crippen LogP contribution in [0.4, 0.5) is 0 Å². The summed E-state index contributed by atoms with van der Waals surface area (Å²) in [5.41, 5.74) is 0. The van der Waals surface area contributed by atoms with Crippen LogP contribution in [0.2, 0.25) is 0 Å². The maximum absolute atomic E-state index is 10.9. The van der Waals surface area contributed by atoms with E-state index in [4.69, 9.17) is 9.47 Å². The molecular formula is C10H20O4. The number of carbonyl (C=O) groups is 1. The number of rotatable bonds is 7. The maximum atomic E-state index is 10.9. The minimum absolute atomic E-state index is 0.353. The predicted octanol–water partition coefficient (Wildman–Crippen LogP) is 1.24. The summed E-state index contributed by atoms with van der Waals surface area (Å²) in [6, 6.07) is 0. The van der Waals surface area contributed by atoms with Crippen molar-refractivity contribution < 1.29 is 19.0 Å². The molecule has 0 rings (SSSR count). The van der Waals surface area contributed by atoms with Crippen molar-refractivity contribution in [3.05, 3.63) is 0 Å². The molecule has 0 saturated carbocycles. The lowest BCUT2D eigenvalue weighted by atomic mass is 10.2. The van der Waals surface area contributed by atoms with Crippen LogP contribution in [-0.4, -0.2) is 39.0 Å². The van der Waals surface area contributed by atoms with Gasteiger partial charge in [-0.05, 0) is 12.8 Å². The number of hydrogen-bond acceptors (Lipinski definition) is 4. The first-order chi connectivity index (χ1) is 6.57. The van der Waals surface area contributed by atoms with Crippen molar-refractivity contribution in [2.45, 2.75) is 26.9 Å². The lowest BCUT2D eigenvalue weighted by molar-refractivity contribution is -0.153. The first kappa shape index (κ1) is 13.4. The fourth-order valence-electron chi connectivity index (χ4n) is 0.837. The van der Waals surface area contributed by atoms with Crippen LogP contribution in [0.25, 0.3) is 0 Å². The maximum Gasteiger partial charge on any atom is 0.334 e. The number of ether oxygens (including phenoxy) is 3. The molecule has 0 unspecified atom stereocenters. The summed E-state index contributed by atoms with van der Waals surface area (Å²) in [4.78, 5) is 10.9.